The Morgan fingerprint density at radius 1 is 1.29 bits per heavy atom. The van der Waals surface area contributed by atoms with Gasteiger partial charge in [0, 0.05) is 24.8 Å². The Bertz CT molecular complexity index is 448. The second kappa shape index (κ2) is 5.48. The van der Waals surface area contributed by atoms with E-state index in [1.54, 1.807) is 0 Å². The Kier molecular flexibility index (Phi) is 3.75. The molecule has 0 radical (unpaired) electrons. The van der Waals surface area contributed by atoms with Crippen molar-refractivity contribution in [2.75, 3.05) is 13.1 Å². The summed E-state index contributed by atoms with van der Waals surface area (Å²) in [6.45, 7) is 1.90. The number of benzene rings is 1. The Morgan fingerprint density at radius 3 is 2.94 bits per heavy atom. The van der Waals surface area contributed by atoms with Crippen molar-refractivity contribution in [3.05, 3.63) is 45.8 Å². The van der Waals surface area contributed by atoms with Gasteiger partial charge in [0.15, 0.2) is 12.4 Å². The summed E-state index contributed by atoms with van der Waals surface area (Å²) in [4.78, 5) is -0.366. The fraction of sp³-hybridized carbons (Fsp3) is 0.385. The van der Waals surface area contributed by atoms with Crippen LogP contribution < -0.4 is 0 Å². The van der Waals surface area contributed by atoms with E-state index in [4.69, 9.17) is 0 Å². The highest BCUT2D eigenvalue weighted by atomic mass is 16.8. The minimum Gasteiger partial charge on any atom is -0.613 e. The molecule has 0 spiro atoms. The number of nitrogens with zero attached hydrogens (tertiary/aromatic N) is 2. The van der Waals surface area contributed by atoms with Gasteiger partial charge in [-0.15, -0.1) is 0 Å². The van der Waals surface area contributed by atoms with Crippen LogP contribution in [-0.2, 0) is 6.42 Å². The summed E-state index contributed by atoms with van der Waals surface area (Å²) in [6.07, 6.45) is 5.73. The van der Waals surface area contributed by atoms with Crippen molar-refractivity contribution in [1.82, 2.24) is 0 Å². The van der Waals surface area contributed by atoms with Gasteiger partial charge in [-0.05, 0) is 11.6 Å². The summed E-state index contributed by atoms with van der Waals surface area (Å²) < 4.78 is 2.25. The molecule has 4 nitrogen and oxygen atoms in total. The van der Waals surface area contributed by atoms with E-state index in [2.05, 4.69) is 29.0 Å². The predicted molar refractivity (Wildman–Crippen MR) is 67.6 cm³/mol. The van der Waals surface area contributed by atoms with Gasteiger partial charge in [-0.3, -0.25) is 0 Å². The highest BCUT2D eigenvalue weighted by Crippen LogP contribution is 2.11. The van der Waals surface area contributed by atoms with E-state index >= 15 is 0 Å². The third-order valence-electron chi connectivity index (χ3n) is 2.97. The lowest BCUT2D eigenvalue weighted by Crippen LogP contribution is -2.23. The minimum atomic E-state index is -0.366. The van der Waals surface area contributed by atoms with Crippen molar-refractivity contribution in [3.63, 3.8) is 0 Å². The van der Waals surface area contributed by atoms with Crippen LogP contribution in [0.25, 0.3) is 0 Å². The molecule has 0 atom stereocenters. The van der Waals surface area contributed by atoms with Gasteiger partial charge in [-0.25, -0.2) is 4.58 Å². The van der Waals surface area contributed by atoms with Gasteiger partial charge < -0.3 is 10.4 Å². The van der Waals surface area contributed by atoms with E-state index in [-0.39, 0.29) is 4.90 Å². The van der Waals surface area contributed by atoms with E-state index in [1.807, 2.05) is 6.07 Å². The Balaban J connectivity index is 1.92. The largest absolute Gasteiger partial charge is 0.613 e. The van der Waals surface area contributed by atoms with Crippen LogP contribution in [0.15, 0.2) is 24.3 Å². The van der Waals surface area contributed by atoms with E-state index < -0.39 is 0 Å². The van der Waals surface area contributed by atoms with E-state index in [0.717, 1.165) is 32.1 Å². The molecule has 0 unspecified atom stereocenters. The number of rotatable bonds is 4. The molecule has 0 aromatic heterocycles. The quantitative estimate of drug-likeness (QED) is 0.260. The molecule has 17 heavy (non-hydrogen) atoms. The summed E-state index contributed by atoms with van der Waals surface area (Å²) in [7, 11) is 0. The van der Waals surface area contributed by atoms with Crippen LogP contribution in [0, 0.1) is 10.4 Å². The van der Waals surface area contributed by atoms with Gasteiger partial charge in [0.05, 0.1) is 0 Å². The predicted octanol–water partition coefficient (Wildman–Crippen LogP) is 1.53. The van der Waals surface area contributed by atoms with Gasteiger partial charge in [0.1, 0.15) is 13.1 Å². The maximum atomic E-state index is 10.1. The topological polar surface area (TPSA) is 52.1 Å². The first-order chi connectivity index (χ1) is 8.25. The van der Waals surface area contributed by atoms with Gasteiger partial charge in [0.2, 0.25) is 0 Å². The van der Waals surface area contributed by atoms with E-state index in [1.165, 1.54) is 11.1 Å². The molecule has 2 rings (SSSR count). The van der Waals surface area contributed by atoms with Crippen LogP contribution in [0.2, 0.25) is 0 Å². The number of fused-ring (bicyclic) bond motifs is 1. The molecule has 4 heteroatoms. The first kappa shape index (κ1) is 11.6. The average molecular weight is 232 g/mol. The summed E-state index contributed by atoms with van der Waals surface area (Å²) >= 11 is 0. The highest BCUT2D eigenvalue weighted by Gasteiger charge is 2.14. The van der Waals surface area contributed by atoms with Crippen molar-refractivity contribution in [1.29, 1.82) is 0 Å². The second-order valence-corrected chi connectivity index (χ2v) is 4.22. The Labute approximate surface area is 101 Å². The van der Waals surface area contributed by atoms with Crippen molar-refractivity contribution in [2.45, 2.75) is 19.3 Å². The molecule has 0 N–H and O–H groups in total. The minimum absolute atomic E-state index is 0.366. The van der Waals surface area contributed by atoms with Crippen molar-refractivity contribution < 1.29 is 9.48 Å². The molecule has 1 aromatic rings. The Morgan fingerprint density at radius 2 is 2.12 bits per heavy atom. The van der Waals surface area contributed by atoms with Gasteiger partial charge in [-0.1, -0.05) is 18.2 Å². The monoisotopic (exact) mass is 232 g/mol. The molecule has 90 valence electrons. The molecule has 0 saturated carbocycles. The van der Waals surface area contributed by atoms with Crippen molar-refractivity contribution in [3.8, 4) is 0 Å². The molecule has 1 aliphatic heterocycles. The van der Waals surface area contributed by atoms with Crippen molar-refractivity contribution >= 4 is 12.4 Å². The zero-order valence-electron chi connectivity index (χ0n) is 9.71. The highest BCUT2D eigenvalue weighted by molar-refractivity contribution is 5.78. The molecule has 0 aliphatic carbocycles. The molecular weight excluding hydrogens is 216 g/mol. The van der Waals surface area contributed by atoms with Crippen LogP contribution in [-0.4, -0.2) is 35.0 Å². The summed E-state index contributed by atoms with van der Waals surface area (Å²) in [5.41, 5.74) is 2.66. The molecule has 0 fully saturated rings. The lowest BCUT2D eigenvalue weighted by molar-refractivity contribution is -0.524. The van der Waals surface area contributed by atoms with E-state index in [9.17, 15) is 10.4 Å². The zero-order valence-corrected chi connectivity index (χ0v) is 9.71. The van der Waals surface area contributed by atoms with Crippen LogP contribution in [0.4, 0.5) is 0 Å². The number of unbranched alkanes of at least 4 members (excludes halogenated alkanes) is 1. The van der Waals surface area contributed by atoms with Gasteiger partial charge >= 0.3 is 0 Å². The first-order valence-corrected chi connectivity index (χ1v) is 5.89. The second-order valence-electron chi connectivity index (χ2n) is 4.22. The molecule has 1 heterocycles. The lowest BCUT2D eigenvalue weighted by atomic mass is 10.0. The molecule has 0 bridgehead atoms. The smallest absolute Gasteiger partial charge is 0.170 e. The molecule has 1 aliphatic rings. The van der Waals surface area contributed by atoms with Crippen LogP contribution in [0.3, 0.4) is 0 Å². The third kappa shape index (κ3) is 3.31. The zero-order chi connectivity index (χ0) is 12.1. The molecule has 0 saturated heterocycles. The summed E-state index contributed by atoms with van der Waals surface area (Å²) in [5, 5.41) is 20.3. The van der Waals surface area contributed by atoms with Gasteiger partial charge in [-0.2, -0.15) is 4.90 Å². The fourth-order valence-corrected chi connectivity index (χ4v) is 2.08. The Hall–Kier alpha value is -1.84. The normalized spacial score (nSPS) is 13.8. The summed E-state index contributed by atoms with van der Waals surface area (Å²) in [5.74, 6) is 0. The maximum absolute atomic E-state index is 10.1. The maximum Gasteiger partial charge on any atom is 0.170 e. The van der Waals surface area contributed by atoms with E-state index in [0.29, 0.717) is 6.42 Å². The molecule has 0 amide bonds. The van der Waals surface area contributed by atoms with Crippen LogP contribution in [0.5, 0.6) is 0 Å². The summed E-state index contributed by atoms with van der Waals surface area (Å²) in [6, 6.07) is 8.38. The lowest BCUT2D eigenvalue weighted by Gasteiger charge is -2.11. The fourth-order valence-electron chi connectivity index (χ4n) is 2.08. The number of hydrogen-bond acceptors (Lipinski definition) is 2. The van der Waals surface area contributed by atoms with Gasteiger partial charge in [0.25, 0.3) is 0 Å². The average Bonchev–Trinajstić information content (AvgIpc) is 2.34. The van der Waals surface area contributed by atoms with Crippen molar-refractivity contribution in [2.24, 2.45) is 0 Å². The molecule has 1 aromatic carbocycles. The number of hydrogen-bond donors (Lipinski definition) is 0. The first-order valence-electron chi connectivity index (χ1n) is 5.89. The van der Waals surface area contributed by atoms with Crippen LogP contribution >= 0.6 is 0 Å². The SMILES string of the molecule is [O-][N+]([O-])=CCCC[N+]1=Cc2ccccc2CC1. The standard InChI is InChI=1S/C13H16N2O2/c16-15(17)9-4-3-8-14-10-7-12-5-1-2-6-13(12)11-14/h1-2,5-6,9,11H,3-4,7-8,10H2. The molecular formula is C13H16N2O2. The van der Waals surface area contributed by atoms with Crippen LogP contribution in [0.1, 0.15) is 24.0 Å². The third-order valence-corrected chi connectivity index (χ3v) is 2.97.